The zero-order chi connectivity index (χ0) is 20.8. The number of carbonyl (C=O) groups excluding carboxylic acids is 1. The van der Waals surface area contributed by atoms with Gasteiger partial charge in [-0.3, -0.25) is 9.69 Å². The summed E-state index contributed by atoms with van der Waals surface area (Å²) < 4.78 is 37.6. The van der Waals surface area contributed by atoms with E-state index in [0.717, 1.165) is 36.1 Å². The summed E-state index contributed by atoms with van der Waals surface area (Å²) in [6.07, 6.45) is 0.772. The van der Waals surface area contributed by atoms with E-state index >= 15 is 0 Å². The van der Waals surface area contributed by atoms with Crippen LogP contribution in [0, 0.1) is 11.6 Å². The molecule has 0 unspecified atom stereocenters. The van der Waals surface area contributed by atoms with Gasteiger partial charge < -0.3 is 14.4 Å². The van der Waals surface area contributed by atoms with Gasteiger partial charge in [-0.2, -0.15) is 0 Å². The van der Waals surface area contributed by atoms with Crippen molar-refractivity contribution in [3.63, 3.8) is 0 Å². The van der Waals surface area contributed by atoms with E-state index in [0.29, 0.717) is 26.2 Å². The Kier molecular flexibility index (Phi) is 7.04. The maximum absolute atomic E-state index is 13.8. The van der Waals surface area contributed by atoms with Crippen LogP contribution in [0.2, 0.25) is 0 Å². The van der Waals surface area contributed by atoms with Crippen LogP contribution in [0.4, 0.5) is 8.78 Å². The number of nitrogens with zero attached hydrogens (tertiary/aromatic N) is 2. The Bertz CT molecular complexity index is 860. The minimum absolute atomic E-state index is 0.0571. The molecule has 1 aliphatic heterocycles. The van der Waals surface area contributed by atoms with Gasteiger partial charge in [0.05, 0.1) is 20.6 Å². The number of rotatable bonds is 6. The van der Waals surface area contributed by atoms with Crippen LogP contribution >= 0.6 is 0 Å². The number of hydrogen-bond acceptors (Lipinski definition) is 4. The molecule has 0 N–H and O–H groups in total. The Labute approximate surface area is 169 Å². The minimum atomic E-state index is -0.679. The van der Waals surface area contributed by atoms with Gasteiger partial charge in [0, 0.05) is 50.4 Å². The van der Waals surface area contributed by atoms with Crippen LogP contribution in [0.25, 0.3) is 0 Å². The quantitative estimate of drug-likeness (QED) is 0.741. The normalized spacial score (nSPS) is 15.1. The van der Waals surface area contributed by atoms with Gasteiger partial charge in [0.2, 0.25) is 5.91 Å². The predicted octanol–water partition coefficient (Wildman–Crippen LogP) is 3.26. The monoisotopic (exact) mass is 404 g/mol. The van der Waals surface area contributed by atoms with Gasteiger partial charge in [0.1, 0.15) is 23.1 Å². The molecule has 2 aromatic carbocycles. The van der Waals surface area contributed by atoms with E-state index in [1.807, 2.05) is 18.2 Å². The van der Waals surface area contributed by atoms with E-state index < -0.39 is 11.6 Å². The number of methoxy groups -OCH3 is 2. The Hall–Kier alpha value is -2.67. The molecule has 1 aliphatic rings. The van der Waals surface area contributed by atoms with Gasteiger partial charge >= 0.3 is 0 Å². The smallest absolute Gasteiger partial charge is 0.227 e. The second kappa shape index (κ2) is 9.69. The fourth-order valence-corrected chi connectivity index (χ4v) is 3.54. The number of amides is 1. The highest BCUT2D eigenvalue weighted by Crippen LogP contribution is 2.26. The minimum Gasteiger partial charge on any atom is -0.497 e. The van der Waals surface area contributed by atoms with Crippen molar-refractivity contribution >= 4 is 5.91 Å². The van der Waals surface area contributed by atoms with Gasteiger partial charge in [-0.15, -0.1) is 0 Å². The van der Waals surface area contributed by atoms with E-state index in [2.05, 4.69) is 4.90 Å². The maximum atomic E-state index is 13.8. The fourth-order valence-electron chi connectivity index (χ4n) is 3.54. The molecule has 29 heavy (non-hydrogen) atoms. The first-order valence-electron chi connectivity index (χ1n) is 9.65. The van der Waals surface area contributed by atoms with Crippen LogP contribution in [-0.4, -0.2) is 56.1 Å². The van der Waals surface area contributed by atoms with Crippen LogP contribution < -0.4 is 9.47 Å². The summed E-state index contributed by atoms with van der Waals surface area (Å²) in [5.74, 6) is 0.0541. The molecule has 1 heterocycles. The summed E-state index contributed by atoms with van der Waals surface area (Å²) in [7, 11) is 3.25. The van der Waals surface area contributed by atoms with Crippen LogP contribution in [0.3, 0.4) is 0 Å². The lowest BCUT2D eigenvalue weighted by molar-refractivity contribution is -0.130. The molecule has 1 fully saturated rings. The number of ether oxygens (including phenoxy) is 2. The van der Waals surface area contributed by atoms with Crippen LogP contribution in [-0.2, 0) is 17.8 Å². The molecule has 5 nitrogen and oxygen atoms in total. The predicted molar refractivity (Wildman–Crippen MR) is 106 cm³/mol. The molecule has 0 saturated carbocycles. The molecule has 2 aromatic rings. The molecular weight excluding hydrogens is 378 g/mol. The van der Waals surface area contributed by atoms with E-state index in [1.54, 1.807) is 19.1 Å². The van der Waals surface area contributed by atoms with Crippen molar-refractivity contribution in [3.8, 4) is 11.5 Å². The van der Waals surface area contributed by atoms with E-state index in [1.165, 1.54) is 12.1 Å². The van der Waals surface area contributed by atoms with Crippen LogP contribution in [0.15, 0.2) is 36.4 Å². The highest BCUT2D eigenvalue weighted by molar-refractivity contribution is 5.78. The van der Waals surface area contributed by atoms with Gasteiger partial charge in [-0.25, -0.2) is 8.78 Å². The molecule has 3 rings (SSSR count). The third-order valence-electron chi connectivity index (χ3n) is 5.19. The highest BCUT2D eigenvalue weighted by Gasteiger charge is 2.21. The third-order valence-corrected chi connectivity index (χ3v) is 5.19. The van der Waals surface area contributed by atoms with Crippen molar-refractivity contribution in [2.24, 2.45) is 0 Å². The highest BCUT2D eigenvalue weighted by atomic mass is 19.1. The topological polar surface area (TPSA) is 42.0 Å². The average molecular weight is 404 g/mol. The molecule has 0 aliphatic carbocycles. The lowest BCUT2D eigenvalue weighted by Gasteiger charge is -2.23. The number of benzene rings is 2. The van der Waals surface area contributed by atoms with E-state index in [-0.39, 0.29) is 17.9 Å². The summed E-state index contributed by atoms with van der Waals surface area (Å²) in [6, 6.07) is 9.08. The number of hydrogen-bond donors (Lipinski definition) is 0. The fraction of sp³-hybridized carbons (Fsp3) is 0.409. The summed E-state index contributed by atoms with van der Waals surface area (Å²) in [5, 5.41) is 0. The summed E-state index contributed by atoms with van der Waals surface area (Å²) >= 11 is 0. The van der Waals surface area contributed by atoms with Gasteiger partial charge in [-0.1, -0.05) is 12.1 Å². The van der Waals surface area contributed by atoms with Crippen molar-refractivity contribution in [2.45, 2.75) is 19.4 Å². The zero-order valence-corrected chi connectivity index (χ0v) is 16.8. The Morgan fingerprint density at radius 1 is 0.966 bits per heavy atom. The second-order valence-corrected chi connectivity index (χ2v) is 7.10. The lowest BCUT2D eigenvalue weighted by atomic mass is 10.1. The summed E-state index contributed by atoms with van der Waals surface area (Å²) in [4.78, 5) is 16.6. The van der Waals surface area contributed by atoms with E-state index in [4.69, 9.17) is 9.47 Å². The Morgan fingerprint density at radius 2 is 1.76 bits per heavy atom. The van der Waals surface area contributed by atoms with Crippen molar-refractivity contribution in [2.75, 3.05) is 40.4 Å². The zero-order valence-electron chi connectivity index (χ0n) is 16.8. The largest absolute Gasteiger partial charge is 0.497 e. The van der Waals surface area contributed by atoms with Gasteiger partial charge in [0.15, 0.2) is 0 Å². The first-order valence-corrected chi connectivity index (χ1v) is 9.65. The lowest BCUT2D eigenvalue weighted by Crippen LogP contribution is -2.36. The SMILES string of the molecule is COc1ccc(CN2CCCN(C(=O)Cc3ccc(F)cc3F)CC2)c(OC)c1. The Balaban J connectivity index is 1.59. The summed E-state index contributed by atoms with van der Waals surface area (Å²) in [6.45, 7) is 3.47. The van der Waals surface area contributed by atoms with Crippen LogP contribution in [0.5, 0.6) is 11.5 Å². The van der Waals surface area contributed by atoms with Crippen LogP contribution in [0.1, 0.15) is 17.5 Å². The third kappa shape index (κ3) is 5.44. The van der Waals surface area contributed by atoms with Crippen molar-refractivity contribution in [1.29, 1.82) is 0 Å². The van der Waals surface area contributed by atoms with Crippen molar-refractivity contribution in [3.05, 3.63) is 59.2 Å². The molecule has 0 atom stereocenters. The number of halogens is 2. The maximum Gasteiger partial charge on any atom is 0.227 e. The van der Waals surface area contributed by atoms with Gasteiger partial charge in [-0.05, 0) is 24.1 Å². The first kappa shape index (κ1) is 21.0. The summed E-state index contributed by atoms with van der Waals surface area (Å²) in [5.41, 5.74) is 1.28. The second-order valence-electron chi connectivity index (χ2n) is 7.10. The van der Waals surface area contributed by atoms with Crippen molar-refractivity contribution < 1.29 is 23.0 Å². The molecule has 0 spiro atoms. The average Bonchev–Trinajstić information content (AvgIpc) is 2.96. The molecule has 156 valence electrons. The Morgan fingerprint density at radius 3 is 2.48 bits per heavy atom. The molecule has 0 radical (unpaired) electrons. The molecule has 1 saturated heterocycles. The standard InChI is InChI=1S/C22H26F2N2O3/c1-28-19-7-5-17(21(14-19)29-2)15-25-8-3-9-26(11-10-25)22(27)12-16-4-6-18(23)13-20(16)24/h4-7,13-14H,3,8-12,15H2,1-2H3. The van der Waals surface area contributed by atoms with E-state index in [9.17, 15) is 13.6 Å². The molecular formula is C22H26F2N2O3. The molecule has 0 bridgehead atoms. The molecule has 7 heteroatoms. The first-order chi connectivity index (χ1) is 14.0. The van der Waals surface area contributed by atoms with Crippen molar-refractivity contribution in [1.82, 2.24) is 9.80 Å². The number of carbonyl (C=O) groups is 1. The molecule has 1 amide bonds. The van der Waals surface area contributed by atoms with Gasteiger partial charge in [0.25, 0.3) is 0 Å². The molecule has 0 aromatic heterocycles.